The Bertz CT molecular complexity index is 265. The van der Waals surface area contributed by atoms with Gasteiger partial charge >= 0.3 is 11.9 Å². The van der Waals surface area contributed by atoms with Crippen molar-refractivity contribution in [2.75, 3.05) is 19.8 Å². The number of aliphatic hydroxyl groups is 1. The summed E-state index contributed by atoms with van der Waals surface area (Å²) in [6.45, 7) is 10.1. The van der Waals surface area contributed by atoms with Gasteiger partial charge < -0.3 is 14.6 Å². The molecule has 0 saturated carbocycles. The SMILES string of the molecule is CCCC(CC)C(CCO)C(=O)OCC.CCOC(C)=O. The topological polar surface area (TPSA) is 72.8 Å². The van der Waals surface area contributed by atoms with Crippen LogP contribution in [-0.4, -0.2) is 36.9 Å². The number of carbonyl (C=O) groups is 2. The second-order valence-electron chi connectivity index (χ2n) is 4.75. The zero-order valence-corrected chi connectivity index (χ0v) is 14.2. The van der Waals surface area contributed by atoms with E-state index in [0.29, 0.717) is 25.6 Å². The van der Waals surface area contributed by atoms with Gasteiger partial charge in [-0.2, -0.15) is 0 Å². The van der Waals surface area contributed by atoms with Crippen molar-refractivity contribution < 1.29 is 24.2 Å². The molecule has 0 rings (SSSR count). The molecule has 0 aliphatic rings. The van der Waals surface area contributed by atoms with Gasteiger partial charge in [0.15, 0.2) is 0 Å². The minimum Gasteiger partial charge on any atom is -0.466 e. The lowest BCUT2D eigenvalue weighted by molar-refractivity contribution is -0.151. The van der Waals surface area contributed by atoms with Crippen LogP contribution < -0.4 is 0 Å². The highest BCUT2D eigenvalue weighted by molar-refractivity contribution is 5.72. The van der Waals surface area contributed by atoms with E-state index in [4.69, 9.17) is 9.84 Å². The van der Waals surface area contributed by atoms with Crippen LogP contribution in [0.2, 0.25) is 0 Å². The largest absolute Gasteiger partial charge is 0.466 e. The van der Waals surface area contributed by atoms with Crippen LogP contribution in [0.5, 0.6) is 0 Å². The van der Waals surface area contributed by atoms with Gasteiger partial charge in [0.1, 0.15) is 0 Å². The van der Waals surface area contributed by atoms with Crippen LogP contribution >= 0.6 is 0 Å². The van der Waals surface area contributed by atoms with Crippen LogP contribution in [0.25, 0.3) is 0 Å². The molecule has 0 fully saturated rings. The molecule has 1 N–H and O–H groups in total. The molecule has 0 radical (unpaired) electrons. The van der Waals surface area contributed by atoms with Crippen LogP contribution in [0.15, 0.2) is 0 Å². The number of hydrogen-bond acceptors (Lipinski definition) is 5. The molecule has 2 unspecified atom stereocenters. The predicted molar refractivity (Wildman–Crippen MR) is 82.8 cm³/mol. The fourth-order valence-electron chi connectivity index (χ4n) is 2.20. The summed E-state index contributed by atoms with van der Waals surface area (Å²) in [5.41, 5.74) is 0. The van der Waals surface area contributed by atoms with Gasteiger partial charge in [0.2, 0.25) is 0 Å². The Hall–Kier alpha value is -1.10. The third-order valence-electron chi connectivity index (χ3n) is 3.13. The van der Waals surface area contributed by atoms with E-state index in [-0.39, 0.29) is 24.5 Å². The quantitative estimate of drug-likeness (QED) is 0.663. The molecule has 126 valence electrons. The molecule has 0 amide bonds. The Morgan fingerprint density at radius 2 is 1.57 bits per heavy atom. The molecule has 0 saturated heterocycles. The molecule has 21 heavy (non-hydrogen) atoms. The Morgan fingerprint density at radius 3 is 1.86 bits per heavy atom. The first-order chi connectivity index (χ1) is 9.98. The molecule has 0 spiro atoms. The fraction of sp³-hybridized carbons (Fsp3) is 0.875. The molecular formula is C16H32O5. The molecule has 0 heterocycles. The molecule has 5 nitrogen and oxygen atoms in total. The number of carbonyl (C=O) groups excluding carboxylic acids is 2. The molecule has 0 aromatic heterocycles. The Morgan fingerprint density at radius 1 is 1.00 bits per heavy atom. The van der Waals surface area contributed by atoms with Crippen LogP contribution in [0.1, 0.15) is 60.3 Å². The van der Waals surface area contributed by atoms with E-state index in [0.717, 1.165) is 19.3 Å². The van der Waals surface area contributed by atoms with E-state index in [9.17, 15) is 9.59 Å². The molecule has 5 heteroatoms. The molecule has 2 atom stereocenters. The summed E-state index contributed by atoms with van der Waals surface area (Å²) in [5.74, 6) is -0.134. The fourth-order valence-corrected chi connectivity index (χ4v) is 2.20. The number of esters is 2. The number of ether oxygens (including phenoxy) is 2. The minimum absolute atomic E-state index is 0.0592. The first kappa shape index (κ1) is 22.2. The van der Waals surface area contributed by atoms with Gasteiger partial charge in [-0.05, 0) is 32.6 Å². The first-order valence-corrected chi connectivity index (χ1v) is 7.89. The van der Waals surface area contributed by atoms with E-state index < -0.39 is 0 Å². The van der Waals surface area contributed by atoms with Crippen LogP contribution in [-0.2, 0) is 19.1 Å². The smallest absolute Gasteiger partial charge is 0.309 e. The standard InChI is InChI=1S/C12H24O3.C4H8O2/c1-4-7-10(5-2)11(8-9-13)12(14)15-6-3;1-3-6-4(2)5/h10-11,13H,4-9H2,1-3H3;3H2,1-2H3. The van der Waals surface area contributed by atoms with Crippen molar-refractivity contribution in [3.63, 3.8) is 0 Å². The van der Waals surface area contributed by atoms with Gasteiger partial charge in [-0.3, -0.25) is 9.59 Å². The molecule has 0 aromatic carbocycles. The van der Waals surface area contributed by atoms with Crippen LogP contribution in [0, 0.1) is 11.8 Å². The van der Waals surface area contributed by atoms with Gasteiger partial charge in [0, 0.05) is 13.5 Å². The highest BCUT2D eigenvalue weighted by atomic mass is 16.5. The van der Waals surface area contributed by atoms with Crippen molar-refractivity contribution in [2.45, 2.75) is 60.3 Å². The lowest BCUT2D eigenvalue weighted by Gasteiger charge is -2.23. The number of hydrogen-bond donors (Lipinski definition) is 1. The van der Waals surface area contributed by atoms with Crippen LogP contribution in [0.3, 0.4) is 0 Å². The third kappa shape index (κ3) is 12.4. The maximum absolute atomic E-state index is 11.7. The normalized spacial score (nSPS) is 12.7. The highest BCUT2D eigenvalue weighted by Gasteiger charge is 2.27. The number of rotatable bonds is 9. The summed E-state index contributed by atoms with van der Waals surface area (Å²) >= 11 is 0. The first-order valence-electron chi connectivity index (χ1n) is 7.89. The Balaban J connectivity index is 0. The maximum atomic E-state index is 11.7. The number of aliphatic hydroxyl groups excluding tert-OH is 1. The van der Waals surface area contributed by atoms with E-state index in [2.05, 4.69) is 18.6 Å². The molecule has 0 aliphatic heterocycles. The molecule has 0 aliphatic carbocycles. The third-order valence-corrected chi connectivity index (χ3v) is 3.13. The van der Waals surface area contributed by atoms with E-state index in [1.165, 1.54) is 6.92 Å². The lowest BCUT2D eigenvalue weighted by atomic mass is 9.84. The maximum Gasteiger partial charge on any atom is 0.309 e. The average molecular weight is 304 g/mol. The second-order valence-corrected chi connectivity index (χ2v) is 4.75. The minimum atomic E-state index is -0.211. The van der Waals surface area contributed by atoms with Crippen molar-refractivity contribution in [2.24, 2.45) is 11.8 Å². The van der Waals surface area contributed by atoms with E-state index in [1.54, 1.807) is 6.92 Å². The zero-order chi connectivity index (χ0) is 16.7. The average Bonchev–Trinajstić information content (AvgIpc) is 2.43. The molecule has 0 aromatic rings. The van der Waals surface area contributed by atoms with Gasteiger partial charge in [-0.1, -0.05) is 26.7 Å². The lowest BCUT2D eigenvalue weighted by Crippen LogP contribution is -2.26. The summed E-state index contributed by atoms with van der Waals surface area (Å²) in [7, 11) is 0. The van der Waals surface area contributed by atoms with Gasteiger partial charge in [-0.15, -0.1) is 0 Å². The highest BCUT2D eigenvalue weighted by Crippen LogP contribution is 2.25. The molecular weight excluding hydrogens is 272 g/mol. The van der Waals surface area contributed by atoms with Crippen molar-refractivity contribution in [3.05, 3.63) is 0 Å². The second kappa shape index (κ2) is 15.3. The summed E-state index contributed by atoms with van der Waals surface area (Å²) in [5, 5.41) is 8.96. The predicted octanol–water partition coefficient (Wildman–Crippen LogP) is 2.94. The van der Waals surface area contributed by atoms with Crippen molar-refractivity contribution in [1.82, 2.24) is 0 Å². The van der Waals surface area contributed by atoms with Gasteiger partial charge in [0.05, 0.1) is 19.1 Å². The summed E-state index contributed by atoms with van der Waals surface area (Å²) in [6, 6.07) is 0. The van der Waals surface area contributed by atoms with E-state index >= 15 is 0 Å². The molecule has 0 bridgehead atoms. The van der Waals surface area contributed by atoms with Crippen molar-refractivity contribution >= 4 is 11.9 Å². The monoisotopic (exact) mass is 304 g/mol. The Kier molecular flexibility index (Phi) is 16.2. The van der Waals surface area contributed by atoms with E-state index in [1.807, 2.05) is 6.92 Å². The van der Waals surface area contributed by atoms with Crippen molar-refractivity contribution in [1.29, 1.82) is 0 Å². The van der Waals surface area contributed by atoms with Gasteiger partial charge in [-0.25, -0.2) is 0 Å². The van der Waals surface area contributed by atoms with Crippen molar-refractivity contribution in [3.8, 4) is 0 Å². The summed E-state index contributed by atoms with van der Waals surface area (Å²) < 4.78 is 9.44. The summed E-state index contributed by atoms with van der Waals surface area (Å²) in [6.07, 6.45) is 3.59. The van der Waals surface area contributed by atoms with Crippen LogP contribution in [0.4, 0.5) is 0 Å². The zero-order valence-electron chi connectivity index (χ0n) is 14.2. The Labute approximate surface area is 129 Å². The van der Waals surface area contributed by atoms with Gasteiger partial charge in [0.25, 0.3) is 0 Å². The summed E-state index contributed by atoms with van der Waals surface area (Å²) in [4.78, 5) is 21.5.